The van der Waals surface area contributed by atoms with Crippen LogP contribution in [0.5, 0.6) is 5.75 Å². The van der Waals surface area contributed by atoms with Gasteiger partial charge in [0, 0.05) is 11.8 Å². The molecule has 1 amide bonds. The summed E-state index contributed by atoms with van der Waals surface area (Å²) in [5.41, 5.74) is 7.38. The van der Waals surface area contributed by atoms with E-state index in [0.29, 0.717) is 34.8 Å². The van der Waals surface area contributed by atoms with E-state index in [4.69, 9.17) is 5.11 Å². The van der Waals surface area contributed by atoms with Crippen LogP contribution in [0, 0.1) is 17.3 Å². The van der Waals surface area contributed by atoms with Gasteiger partial charge in [0.15, 0.2) is 0 Å². The van der Waals surface area contributed by atoms with Gasteiger partial charge in [-0.05, 0) is 85.3 Å². The Bertz CT molecular complexity index is 1040. The number of aryl methyl sites for hydroxylation is 1. The smallest absolute Gasteiger partial charge is 0.423 e. The Kier molecular flexibility index (Phi) is 7.94. The Morgan fingerprint density at radius 3 is 2.32 bits per heavy atom. The summed E-state index contributed by atoms with van der Waals surface area (Å²) >= 11 is 0. The second kappa shape index (κ2) is 10.7. The highest BCUT2D eigenvalue weighted by Gasteiger charge is 2.54. The van der Waals surface area contributed by atoms with E-state index in [1.54, 1.807) is 30.3 Å². The number of hydrogen-bond acceptors (Lipinski definition) is 6. The number of amides is 1. The van der Waals surface area contributed by atoms with Crippen LogP contribution in [0.25, 0.3) is 0 Å². The summed E-state index contributed by atoms with van der Waals surface area (Å²) in [4.78, 5) is 35.1. The minimum atomic E-state index is -0.968. The van der Waals surface area contributed by atoms with Gasteiger partial charge in [-0.3, -0.25) is 4.79 Å². The van der Waals surface area contributed by atoms with Crippen molar-refractivity contribution in [3.63, 3.8) is 0 Å². The zero-order valence-corrected chi connectivity index (χ0v) is 19.3. The van der Waals surface area contributed by atoms with E-state index in [9.17, 15) is 19.5 Å². The number of nitrogens with two attached hydrogens (primary N) is 2. The van der Waals surface area contributed by atoms with Crippen LogP contribution in [0.1, 0.15) is 66.4 Å². The lowest BCUT2D eigenvalue weighted by atomic mass is 9.55. The van der Waals surface area contributed by atoms with Crippen molar-refractivity contribution in [2.45, 2.75) is 51.4 Å². The Morgan fingerprint density at radius 1 is 1.06 bits per heavy atom. The molecule has 3 aliphatic carbocycles. The summed E-state index contributed by atoms with van der Waals surface area (Å²) in [5.74, 6) is 6.10. The molecule has 0 unspecified atom stereocenters. The Labute approximate surface area is 198 Å². The molecular weight excluding hydrogens is 436 g/mol. The van der Waals surface area contributed by atoms with Crippen molar-refractivity contribution in [1.82, 2.24) is 0 Å². The van der Waals surface area contributed by atoms with Crippen molar-refractivity contribution in [2.24, 2.45) is 28.9 Å². The standard InChI is InChI=1S/C18H22O2.C7H6O2.CH4N2O2/c1-18-9-8-14-13-5-3-12(19)10-11(13)2-4-15(14)16(18)6-7-17(18)20;8-7(9)6-4-2-1-3-5-6;2-1(4)5-3/h3,5,10,14-16,19H,2,4,6-9H2,1H3;1-5H,(H,8,9);3H2,(H2,2,4)/t14-,15-,16+,18+;;/m1../s1. The summed E-state index contributed by atoms with van der Waals surface area (Å²) in [5, 5.41) is 18.1. The lowest BCUT2D eigenvalue weighted by Crippen LogP contribution is -2.42. The zero-order chi connectivity index (χ0) is 24.9. The molecular formula is C26H32N2O6. The van der Waals surface area contributed by atoms with Gasteiger partial charge in [0.1, 0.15) is 11.5 Å². The molecule has 4 atom stereocenters. The quantitative estimate of drug-likeness (QED) is 0.458. The van der Waals surface area contributed by atoms with Gasteiger partial charge in [-0.25, -0.2) is 9.59 Å². The molecule has 0 radical (unpaired) electrons. The van der Waals surface area contributed by atoms with Gasteiger partial charge in [0.2, 0.25) is 0 Å². The van der Waals surface area contributed by atoms with Crippen molar-refractivity contribution in [2.75, 3.05) is 0 Å². The summed E-state index contributed by atoms with van der Waals surface area (Å²) in [6, 6.07) is 14.2. The molecule has 3 aliphatic rings. The minimum absolute atomic E-state index is 0.0322. The Balaban J connectivity index is 0.000000193. The number of fused-ring (bicyclic) bond motifs is 5. The molecule has 0 aliphatic heterocycles. The number of benzene rings is 2. The van der Waals surface area contributed by atoms with Crippen molar-refractivity contribution < 1.29 is 29.4 Å². The molecule has 0 heterocycles. The minimum Gasteiger partial charge on any atom is -0.508 e. The maximum Gasteiger partial charge on any atom is 0.423 e. The van der Waals surface area contributed by atoms with E-state index in [2.05, 4.69) is 29.5 Å². The molecule has 2 aromatic carbocycles. The van der Waals surface area contributed by atoms with Crippen LogP contribution in [0.2, 0.25) is 0 Å². The first-order chi connectivity index (χ1) is 16.2. The molecule has 0 bridgehead atoms. The number of carbonyl (C=O) groups is 3. The number of aromatic carboxylic acids is 1. The number of carbonyl (C=O) groups excluding carboxylic acids is 2. The third-order valence-corrected chi connectivity index (χ3v) is 7.56. The summed E-state index contributed by atoms with van der Waals surface area (Å²) in [6.45, 7) is 2.22. The van der Waals surface area contributed by atoms with Crippen molar-refractivity contribution in [3.05, 3.63) is 65.2 Å². The first-order valence-electron chi connectivity index (χ1n) is 11.5. The molecule has 2 fully saturated rings. The predicted molar refractivity (Wildman–Crippen MR) is 126 cm³/mol. The molecule has 6 N–H and O–H groups in total. The molecule has 0 aromatic heterocycles. The number of primary amides is 1. The molecule has 34 heavy (non-hydrogen) atoms. The second-order valence-corrected chi connectivity index (χ2v) is 9.32. The number of phenols is 1. The van der Waals surface area contributed by atoms with Gasteiger partial charge in [-0.1, -0.05) is 31.2 Å². The van der Waals surface area contributed by atoms with Crippen molar-refractivity contribution >= 4 is 17.8 Å². The van der Waals surface area contributed by atoms with Gasteiger partial charge in [-0.2, -0.15) is 5.90 Å². The SMILES string of the molecule is C[C@]12CC[C@@H]3c4ccc(O)cc4CC[C@H]3[C@@H]1CCC2=O.NOC(N)=O.O=C(O)c1ccccc1. The number of rotatable bonds is 1. The number of Topliss-reactive ketones (excluding diaryl/α,β-unsaturated/α-hetero) is 1. The van der Waals surface area contributed by atoms with Gasteiger partial charge in [-0.15, -0.1) is 0 Å². The fourth-order valence-corrected chi connectivity index (χ4v) is 5.92. The van der Waals surface area contributed by atoms with Crippen LogP contribution in [0.15, 0.2) is 48.5 Å². The molecule has 2 aromatic rings. The molecule has 2 saturated carbocycles. The molecule has 182 valence electrons. The van der Waals surface area contributed by atoms with Gasteiger partial charge < -0.3 is 20.8 Å². The van der Waals surface area contributed by atoms with Crippen LogP contribution in [0.3, 0.4) is 0 Å². The fraction of sp³-hybridized carbons (Fsp3) is 0.423. The van der Waals surface area contributed by atoms with Crippen molar-refractivity contribution in [1.29, 1.82) is 0 Å². The number of ketones is 1. The highest BCUT2D eigenvalue weighted by molar-refractivity contribution is 5.87. The van der Waals surface area contributed by atoms with E-state index in [-0.39, 0.29) is 5.41 Å². The van der Waals surface area contributed by atoms with Crippen LogP contribution in [-0.2, 0) is 16.1 Å². The lowest BCUT2D eigenvalue weighted by Gasteiger charge is -2.48. The molecule has 0 saturated heterocycles. The lowest BCUT2D eigenvalue weighted by molar-refractivity contribution is -0.129. The fourth-order valence-electron chi connectivity index (χ4n) is 5.92. The third kappa shape index (κ3) is 5.39. The van der Waals surface area contributed by atoms with E-state index in [0.717, 1.165) is 32.1 Å². The first-order valence-corrected chi connectivity index (χ1v) is 11.5. The highest BCUT2D eigenvalue weighted by atomic mass is 16.7. The van der Waals surface area contributed by atoms with Gasteiger partial charge in [0.25, 0.3) is 0 Å². The van der Waals surface area contributed by atoms with Crippen molar-refractivity contribution in [3.8, 4) is 5.75 Å². The molecule has 0 spiro atoms. The van der Waals surface area contributed by atoms with E-state index >= 15 is 0 Å². The number of aromatic hydroxyl groups is 1. The number of carboxylic acid groups (broad SMARTS) is 1. The third-order valence-electron chi connectivity index (χ3n) is 7.56. The maximum absolute atomic E-state index is 12.3. The number of carboxylic acids is 1. The van der Waals surface area contributed by atoms with E-state index < -0.39 is 12.1 Å². The molecule has 8 nitrogen and oxygen atoms in total. The second-order valence-electron chi connectivity index (χ2n) is 9.32. The number of hydrogen-bond donors (Lipinski definition) is 4. The van der Waals surface area contributed by atoms with Gasteiger partial charge in [0.05, 0.1) is 5.56 Å². The normalized spacial score (nSPS) is 26.3. The van der Waals surface area contributed by atoms with Crippen LogP contribution >= 0.6 is 0 Å². The van der Waals surface area contributed by atoms with Crippen LogP contribution in [-0.4, -0.2) is 28.1 Å². The summed E-state index contributed by atoms with van der Waals surface area (Å²) < 4.78 is 0. The topological polar surface area (TPSA) is 153 Å². The van der Waals surface area contributed by atoms with E-state index in [1.807, 2.05) is 12.1 Å². The van der Waals surface area contributed by atoms with Crippen LogP contribution < -0.4 is 11.6 Å². The number of phenolic OH excluding ortho intramolecular Hbond substituents is 1. The molecule has 8 heteroatoms. The zero-order valence-electron chi connectivity index (χ0n) is 19.3. The molecule has 5 rings (SSSR count). The van der Waals surface area contributed by atoms with Gasteiger partial charge >= 0.3 is 12.1 Å². The highest BCUT2D eigenvalue weighted by Crippen LogP contribution is 2.59. The maximum atomic E-state index is 12.3. The largest absolute Gasteiger partial charge is 0.508 e. The monoisotopic (exact) mass is 468 g/mol. The summed E-state index contributed by atoms with van der Waals surface area (Å²) in [6.07, 6.45) is 5.38. The average molecular weight is 469 g/mol. The summed E-state index contributed by atoms with van der Waals surface area (Å²) in [7, 11) is 0. The Morgan fingerprint density at radius 2 is 1.74 bits per heavy atom. The van der Waals surface area contributed by atoms with Crippen LogP contribution in [0.4, 0.5) is 4.79 Å². The van der Waals surface area contributed by atoms with E-state index in [1.165, 1.54) is 17.5 Å². The Hall–Kier alpha value is -3.39. The first kappa shape index (κ1) is 25.2. The predicted octanol–water partition coefficient (Wildman–Crippen LogP) is 4.16. The average Bonchev–Trinajstić information content (AvgIpc) is 3.14.